The summed E-state index contributed by atoms with van der Waals surface area (Å²) in [4.78, 5) is 21.6. The standard InChI is InChI=1S/C11H16O4/c1-8(12)14-10-5-3-4-6-11(7-10)15-9(2)13/h3-4,10-11H,5-7H2,1-2H3/t10-,11+. The van der Waals surface area contributed by atoms with Crippen LogP contribution in [-0.4, -0.2) is 24.1 Å². The summed E-state index contributed by atoms with van der Waals surface area (Å²) in [5, 5.41) is 0. The Morgan fingerprint density at radius 1 is 1.00 bits per heavy atom. The lowest BCUT2D eigenvalue weighted by Crippen LogP contribution is -2.24. The molecule has 0 aromatic rings. The van der Waals surface area contributed by atoms with Crippen molar-refractivity contribution >= 4 is 11.9 Å². The first kappa shape index (κ1) is 11.8. The molecule has 4 heteroatoms. The Kier molecular flexibility index (Phi) is 4.34. The largest absolute Gasteiger partial charge is 0.462 e. The van der Waals surface area contributed by atoms with Gasteiger partial charge in [-0.1, -0.05) is 12.2 Å². The maximum Gasteiger partial charge on any atom is 0.302 e. The molecular weight excluding hydrogens is 196 g/mol. The van der Waals surface area contributed by atoms with Gasteiger partial charge < -0.3 is 9.47 Å². The van der Waals surface area contributed by atoms with Gasteiger partial charge in [-0.05, 0) is 0 Å². The van der Waals surface area contributed by atoms with Gasteiger partial charge in [-0.25, -0.2) is 0 Å². The fourth-order valence-corrected chi connectivity index (χ4v) is 1.64. The van der Waals surface area contributed by atoms with E-state index >= 15 is 0 Å². The van der Waals surface area contributed by atoms with Crippen molar-refractivity contribution in [3.63, 3.8) is 0 Å². The topological polar surface area (TPSA) is 52.6 Å². The van der Waals surface area contributed by atoms with Gasteiger partial charge in [-0.15, -0.1) is 0 Å². The van der Waals surface area contributed by atoms with Crippen LogP contribution >= 0.6 is 0 Å². The lowest BCUT2D eigenvalue weighted by Gasteiger charge is -2.19. The summed E-state index contributed by atoms with van der Waals surface area (Å²) in [7, 11) is 0. The van der Waals surface area contributed by atoms with Crippen molar-refractivity contribution in [2.75, 3.05) is 0 Å². The number of carbonyl (C=O) groups is 2. The summed E-state index contributed by atoms with van der Waals surface area (Å²) < 4.78 is 10.2. The van der Waals surface area contributed by atoms with Crippen molar-refractivity contribution in [3.05, 3.63) is 12.2 Å². The Morgan fingerprint density at radius 2 is 1.40 bits per heavy atom. The molecule has 15 heavy (non-hydrogen) atoms. The van der Waals surface area contributed by atoms with Crippen LogP contribution in [0, 0.1) is 0 Å². The van der Waals surface area contributed by atoms with Gasteiger partial charge in [0.25, 0.3) is 0 Å². The van der Waals surface area contributed by atoms with Gasteiger partial charge in [0.05, 0.1) is 0 Å². The summed E-state index contributed by atoms with van der Waals surface area (Å²) in [5.74, 6) is -0.589. The average Bonchev–Trinajstić information content (AvgIpc) is 2.28. The number of hydrogen-bond acceptors (Lipinski definition) is 4. The van der Waals surface area contributed by atoms with Gasteiger partial charge in [-0.2, -0.15) is 0 Å². The van der Waals surface area contributed by atoms with E-state index in [-0.39, 0.29) is 24.1 Å². The molecular formula is C11H16O4. The van der Waals surface area contributed by atoms with Gasteiger partial charge in [0.1, 0.15) is 12.2 Å². The van der Waals surface area contributed by atoms with E-state index in [1.807, 2.05) is 12.2 Å². The molecule has 1 aliphatic rings. The second kappa shape index (κ2) is 5.53. The van der Waals surface area contributed by atoms with Crippen molar-refractivity contribution in [3.8, 4) is 0 Å². The van der Waals surface area contributed by atoms with Crippen LogP contribution in [0.1, 0.15) is 33.1 Å². The maximum atomic E-state index is 10.8. The summed E-state index contributed by atoms with van der Waals surface area (Å²) in [6, 6.07) is 0. The highest BCUT2D eigenvalue weighted by Crippen LogP contribution is 2.18. The molecule has 0 fully saturated rings. The molecule has 0 amide bonds. The fraction of sp³-hybridized carbons (Fsp3) is 0.636. The average molecular weight is 212 g/mol. The van der Waals surface area contributed by atoms with Gasteiger partial charge in [0.15, 0.2) is 0 Å². The zero-order valence-corrected chi connectivity index (χ0v) is 9.06. The van der Waals surface area contributed by atoms with Crippen LogP contribution in [0.25, 0.3) is 0 Å². The van der Waals surface area contributed by atoms with E-state index < -0.39 is 0 Å². The van der Waals surface area contributed by atoms with Crippen LogP contribution in [0.5, 0.6) is 0 Å². The van der Waals surface area contributed by atoms with E-state index in [1.54, 1.807) is 0 Å². The second-order valence-corrected chi connectivity index (χ2v) is 3.64. The normalized spacial score (nSPS) is 25.5. The third kappa shape index (κ3) is 4.63. The number of ether oxygens (including phenoxy) is 2. The lowest BCUT2D eigenvalue weighted by molar-refractivity contribution is -0.152. The molecule has 0 saturated heterocycles. The van der Waals surface area contributed by atoms with Crippen LogP contribution in [0.2, 0.25) is 0 Å². The number of carbonyl (C=O) groups excluding carboxylic acids is 2. The summed E-state index contributed by atoms with van der Waals surface area (Å²) in [6.45, 7) is 2.77. The van der Waals surface area contributed by atoms with Crippen LogP contribution in [-0.2, 0) is 19.1 Å². The number of hydrogen-bond donors (Lipinski definition) is 0. The molecule has 0 bridgehead atoms. The molecule has 4 nitrogen and oxygen atoms in total. The highest BCUT2D eigenvalue weighted by Gasteiger charge is 2.21. The van der Waals surface area contributed by atoms with Gasteiger partial charge in [0, 0.05) is 33.1 Å². The SMILES string of the molecule is CC(=O)O[C@@H]1CC=CC[C@H](OC(C)=O)C1. The first-order valence-corrected chi connectivity index (χ1v) is 5.07. The van der Waals surface area contributed by atoms with E-state index in [0.717, 1.165) is 0 Å². The van der Waals surface area contributed by atoms with Crippen molar-refractivity contribution in [2.45, 2.75) is 45.3 Å². The molecule has 0 aliphatic heterocycles. The molecule has 0 unspecified atom stereocenters. The Labute approximate surface area is 89.2 Å². The summed E-state index contributed by atoms with van der Waals surface area (Å²) in [5.41, 5.74) is 0. The van der Waals surface area contributed by atoms with Crippen molar-refractivity contribution in [2.24, 2.45) is 0 Å². The number of rotatable bonds is 2. The minimum absolute atomic E-state index is 0.175. The van der Waals surface area contributed by atoms with E-state index in [1.165, 1.54) is 13.8 Å². The Hall–Kier alpha value is -1.32. The molecule has 0 radical (unpaired) electrons. The molecule has 0 spiro atoms. The zero-order valence-electron chi connectivity index (χ0n) is 9.06. The fourth-order valence-electron chi connectivity index (χ4n) is 1.64. The highest BCUT2D eigenvalue weighted by atomic mass is 16.6. The van der Waals surface area contributed by atoms with E-state index in [2.05, 4.69) is 0 Å². The van der Waals surface area contributed by atoms with Gasteiger partial charge in [-0.3, -0.25) is 9.59 Å². The molecule has 1 rings (SSSR count). The molecule has 0 aromatic heterocycles. The zero-order chi connectivity index (χ0) is 11.3. The monoisotopic (exact) mass is 212 g/mol. The Bertz CT molecular complexity index is 244. The van der Waals surface area contributed by atoms with Crippen LogP contribution in [0.4, 0.5) is 0 Å². The molecule has 0 saturated carbocycles. The minimum Gasteiger partial charge on any atom is -0.462 e. The Balaban J connectivity index is 2.50. The minimum atomic E-state index is -0.295. The molecule has 2 atom stereocenters. The van der Waals surface area contributed by atoms with E-state index in [0.29, 0.717) is 19.3 Å². The lowest BCUT2D eigenvalue weighted by atomic mass is 10.1. The van der Waals surface area contributed by atoms with Gasteiger partial charge in [0.2, 0.25) is 0 Å². The smallest absolute Gasteiger partial charge is 0.302 e. The third-order valence-corrected chi connectivity index (χ3v) is 2.16. The van der Waals surface area contributed by atoms with Crippen LogP contribution < -0.4 is 0 Å². The van der Waals surface area contributed by atoms with Crippen molar-refractivity contribution in [1.29, 1.82) is 0 Å². The predicted molar refractivity (Wildman–Crippen MR) is 54.1 cm³/mol. The van der Waals surface area contributed by atoms with Crippen molar-refractivity contribution in [1.82, 2.24) is 0 Å². The molecule has 1 aliphatic carbocycles. The quantitative estimate of drug-likeness (QED) is 0.515. The van der Waals surface area contributed by atoms with E-state index in [9.17, 15) is 9.59 Å². The summed E-state index contributed by atoms with van der Waals surface area (Å²) in [6.07, 6.45) is 5.52. The maximum absolute atomic E-state index is 10.8. The molecule has 0 aromatic carbocycles. The van der Waals surface area contributed by atoms with Crippen LogP contribution in [0.3, 0.4) is 0 Å². The second-order valence-electron chi connectivity index (χ2n) is 3.64. The molecule has 0 N–H and O–H groups in total. The van der Waals surface area contributed by atoms with E-state index in [4.69, 9.17) is 9.47 Å². The molecule has 0 heterocycles. The first-order valence-electron chi connectivity index (χ1n) is 5.07. The highest BCUT2D eigenvalue weighted by molar-refractivity contribution is 5.66. The van der Waals surface area contributed by atoms with Crippen LogP contribution in [0.15, 0.2) is 12.2 Å². The summed E-state index contributed by atoms with van der Waals surface area (Å²) >= 11 is 0. The Morgan fingerprint density at radius 3 is 1.73 bits per heavy atom. The first-order chi connectivity index (χ1) is 7.08. The molecule has 84 valence electrons. The van der Waals surface area contributed by atoms with Gasteiger partial charge >= 0.3 is 11.9 Å². The predicted octanol–water partition coefficient (Wildman–Crippen LogP) is 1.59. The third-order valence-electron chi connectivity index (χ3n) is 2.16. The van der Waals surface area contributed by atoms with Crippen molar-refractivity contribution < 1.29 is 19.1 Å². The number of esters is 2.